The van der Waals surface area contributed by atoms with Gasteiger partial charge < -0.3 is 10.6 Å². The van der Waals surface area contributed by atoms with Crippen molar-refractivity contribution in [2.75, 3.05) is 33.2 Å². The lowest BCUT2D eigenvalue weighted by Gasteiger charge is -2.34. The van der Waals surface area contributed by atoms with E-state index in [0.29, 0.717) is 6.04 Å². The van der Waals surface area contributed by atoms with E-state index in [4.69, 9.17) is 5.73 Å². The Bertz CT molecular complexity index is 402. The molecule has 2 N–H and O–H groups in total. The van der Waals surface area contributed by atoms with Crippen molar-refractivity contribution in [3.05, 3.63) is 35.9 Å². The Morgan fingerprint density at radius 1 is 1.35 bits per heavy atom. The Hall–Kier alpha value is -0.900. The Balaban J connectivity index is 1.92. The molecule has 0 amide bonds. The second-order valence-corrected chi connectivity index (χ2v) is 6.40. The van der Waals surface area contributed by atoms with Crippen LogP contribution in [0.5, 0.6) is 0 Å². The van der Waals surface area contributed by atoms with Gasteiger partial charge >= 0.3 is 0 Å². The number of nitrogens with zero attached hydrogens (tertiary/aromatic N) is 2. The van der Waals surface area contributed by atoms with Crippen molar-refractivity contribution in [1.82, 2.24) is 9.80 Å². The summed E-state index contributed by atoms with van der Waals surface area (Å²) in [5, 5.41) is 0. The van der Waals surface area contributed by atoms with E-state index < -0.39 is 0 Å². The zero-order chi connectivity index (χ0) is 14.6. The molecule has 1 aliphatic heterocycles. The Morgan fingerprint density at radius 3 is 2.70 bits per heavy atom. The number of likely N-dealkylation sites (N-methyl/N-ethyl adjacent to an activating group) is 2. The van der Waals surface area contributed by atoms with Gasteiger partial charge in [0.2, 0.25) is 0 Å². The van der Waals surface area contributed by atoms with E-state index in [9.17, 15) is 0 Å². The molecule has 2 rings (SSSR count). The molecule has 0 aliphatic carbocycles. The summed E-state index contributed by atoms with van der Waals surface area (Å²) in [7, 11) is 2.19. The van der Waals surface area contributed by atoms with Crippen LogP contribution in [-0.2, 0) is 5.54 Å². The van der Waals surface area contributed by atoms with Crippen LogP contribution in [0.3, 0.4) is 0 Å². The molecular weight excluding hydrogens is 246 g/mol. The van der Waals surface area contributed by atoms with E-state index >= 15 is 0 Å². The van der Waals surface area contributed by atoms with E-state index in [-0.39, 0.29) is 5.54 Å². The second kappa shape index (κ2) is 6.70. The number of benzene rings is 1. The van der Waals surface area contributed by atoms with Crippen LogP contribution < -0.4 is 5.73 Å². The van der Waals surface area contributed by atoms with Crippen molar-refractivity contribution in [2.24, 2.45) is 5.73 Å². The predicted octanol–water partition coefficient (Wildman–Crippen LogP) is 2.28. The van der Waals surface area contributed by atoms with Gasteiger partial charge in [0.15, 0.2) is 0 Å². The van der Waals surface area contributed by atoms with Crippen molar-refractivity contribution in [1.29, 1.82) is 0 Å². The third-order valence-electron chi connectivity index (χ3n) is 4.46. The van der Waals surface area contributed by atoms with Crippen molar-refractivity contribution < 1.29 is 0 Å². The molecule has 112 valence electrons. The summed E-state index contributed by atoms with van der Waals surface area (Å²) in [6, 6.07) is 11.1. The average molecular weight is 275 g/mol. The first-order valence-electron chi connectivity index (χ1n) is 7.80. The van der Waals surface area contributed by atoms with Crippen LogP contribution in [0.1, 0.15) is 32.3 Å². The first-order chi connectivity index (χ1) is 9.53. The highest BCUT2D eigenvalue weighted by molar-refractivity contribution is 5.23. The highest BCUT2D eigenvalue weighted by Crippen LogP contribution is 2.21. The molecule has 1 aliphatic rings. The van der Waals surface area contributed by atoms with Gasteiger partial charge in [-0.2, -0.15) is 0 Å². The largest absolute Gasteiger partial charge is 0.321 e. The maximum atomic E-state index is 6.53. The van der Waals surface area contributed by atoms with Crippen LogP contribution in [0, 0.1) is 0 Å². The van der Waals surface area contributed by atoms with Crippen LogP contribution in [0.4, 0.5) is 0 Å². The maximum Gasteiger partial charge on any atom is 0.0509 e. The lowest BCUT2D eigenvalue weighted by atomic mass is 9.92. The fourth-order valence-electron chi connectivity index (χ4n) is 3.41. The molecule has 3 heteroatoms. The molecule has 20 heavy (non-hydrogen) atoms. The zero-order valence-corrected chi connectivity index (χ0v) is 13.2. The summed E-state index contributed by atoms with van der Waals surface area (Å²) in [5.74, 6) is 0. The van der Waals surface area contributed by atoms with E-state index in [0.717, 1.165) is 19.6 Å². The molecule has 3 nitrogen and oxygen atoms in total. The molecule has 1 aromatic rings. The number of hydrogen-bond acceptors (Lipinski definition) is 3. The summed E-state index contributed by atoms with van der Waals surface area (Å²) in [5.41, 5.74) is 7.45. The van der Waals surface area contributed by atoms with Gasteiger partial charge in [0.05, 0.1) is 5.54 Å². The minimum absolute atomic E-state index is 0.286. The average Bonchev–Trinajstić information content (AvgIpc) is 2.86. The smallest absolute Gasteiger partial charge is 0.0509 e. The van der Waals surface area contributed by atoms with E-state index in [1.165, 1.54) is 24.9 Å². The number of rotatable bonds is 6. The minimum atomic E-state index is -0.286. The molecule has 2 atom stereocenters. The molecule has 2 unspecified atom stereocenters. The van der Waals surface area contributed by atoms with Crippen molar-refractivity contribution in [2.45, 2.75) is 38.3 Å². The van der Waals surface area contributed by atoms with Crippen LogP contribution in [0.25, 0.3) is 0 Å². The van der Waals surface area contributed by atoms with Crippen molar-refractivity contribution >= 4 is 0 Å². The van der Waals surface area contributed by atoms with Crippen LogP contribution in [0.15, 0.2) is 30.3 Å². The standard InChI is InChI=1S/C17H29N3/c1-4-20-12-8-11-16(20)13-19(3)14-17(2,18)15-9-6-5-7-10-15/h5-7,9-10,16H,4,8,11-14,18H2,1-3H3. The van der Waals surface area contributed by atoms with Crippen molar-refractivity contribution in [3.63, 3.8) is 0 Å². The maximum absolute atomic E-state index is 6.53. The number of likely N-dealkylation sites (tertiary alicyclic amines) is 1. The molecule has 0 radical (unpaired) electrons. The molecule has 1 fully saturated rings. The van der Waals surface area contributed by atoms with E-state index in [1.807, 2.05) is 6.07 Å². The monoisotopic (exact) mass is 275 g/mol. The van der Waals surface area contributed by atoms with Gasteiger partial charge in [0.25, 0.3) is 0 Å². The molecule has 0 aromatic heterocycles. The fourth-order valence-corrected chi connectivity index (χ4v) is 3.41. The Labute approximate surface area is 123 Å². The summed E-state index contributed by atoms with van der Waals surface area (Å²) in [4.78, 5) is 4.98. The second-order valence-electron chi connectivity index (χ2n) is 6.40. The number of nitrogens with two attached hydrogens (primary N) is 1. The topological polar surface area (TPSA) is 32.5 Å². The third kappa shape index (κ3) is 3.81. The molecular formula is C17H29N3. The molecule has 1 aromatic carbocycles. The first kappa shape index (κ1) is 15.5. The summed E-state index contributed by atoms with van der Waals surface area (Å²) < 4.78 is 0. The van der Waals surface area contributed by atoms with Crippen LogP contribution in [0.2, 0.25) is 0 Å². The Morgan fingerprint density at radius 2 is 2.05 bits per heavy atom. The molecule has 1 saturated heterocycles. The third-order valence-corrected chi connectivity index (χ3v) is 4.46. The highest BCUT2D eigenvalue weighted by atomic mass is 15.2. The van der Waals surface area contributed by atoms with Gasteiger partial charge in [-0.25, -0.2) is 0 Å². The lowest BCUT2D eigenvalue weighted by molar-refractivity contribution is 0.177. The van der Waals surface area contributed by atoms with Gasteiger partial charge in [-0.05, 0) is 45.5 Å². The first-order valence-corrected chi connectivity index (χ1v) is 7.80. The predicted molar refractivity (Wildman–Crippen MR) is 85.7 cm³/mol. The molecule has 1 heterocycles. The van der Waals surface area contributed by atoms with Gasteiger partial charge in [-0.3, -0.25) is 4.90 Å². The SMILES string of the molecule is CCN1CCCC1CN(C)CC(C)(N)c1ccccc1. The minimum Gasteiger partial charge on any atom is -0.321 e. The highest BCUT2D eigenvalue weighted by Gasteiger charge is 2.27. The van der Waals surface area contributed by atoms with Gasteiger partial charge in [0.1, 0.15) is 0 Å². The Kier molecular flexibility index (Phi) is 5.19. The molecule has 0 spiro atoms. The molecule has 0 saturated carbocycles. The van der Waals surface area contributed by atoms with Crippen LogP contribution >= 0.6 is 0 Å². The van der Waals surface area contributed by atoms with Gasteiger partial charge in [-0.1, -0.05) is 37.3 Å². The van der Waals surface area contributed by atoms with E-state index in [2.05, 4.69) is 55.0 Å². The normalized spacial score (nSPS) is 23.1. The lowest BCUT2D eigenvalue weighted by Crippen LogP contribution is -2.47. The quantitative estimate of drug-likeness (QED) is 0.864. The van der Waals surface area contributed by atoms with E-state index in [1.54, 1.807) is 0 Å². The fraction of sp³-hybridized carbons (Fsp3) is 0.647. The summed E-state index contributed by atoms with van der Waals surface area (Å²) in [6.07, 6.45) is 2.66. The number of hydrogen-bond donors (Lipinski definition) is 1. The summed E-state index contributed by atoms with van der Waals surface area (Å²) in [6.45, 7) is 8.82. The van der Waals surface area contributed by atoms with Crippen molar-refractivity contribution in [3.8, 4) is 0 Å². The van der Waals surface area contributed by atoms with Gasteiger partial charge in [-0.15, -0.1) is 0 Å². The molecule has 0 bridgehead atoms. The zero-order valence-electron chi connectivity index (χ0n) is 13.2. The van der Waals surface area contributed by atoms with Crippen LogP contribution in [-0.4, -0.2) is 49.1 Å². The summed E-state index contributed by atoms with van der Waals surface area (Å²) >= 11 is 0. The van der Waals surface area contributed by atoms with Gasteiger partial charge in [0, 0.05) is 19.1 Å².